The molecule has 0 spiro atoms. The molecule has 2 aliphatic carbocycles. The van der Waals surface area contributed by atoms with Crippen LogP contribution < -0.4 is 5.73 Å². The number of hydrogen-bond acceptors (Lipinski definition) is 1. The summed E-state index contributed by atoms with van der Waals surface area (Å²) in [6.45, 7) is 2.14. The molecule has 1 nitrogen and oxygen atoms in total. The molecule has 2 fully saturated rings. The predicted octanol–water partition coefficient (Wildman–Crippen LogP) is 2.16. The average molecular weight is 153 g/mol. The molecule has 0 amide bonds. The highest BCUT2D eigenvalue weighted by molar-refractivity contribution is 4.93. The van der Waals surface area contributed by atoms with Crippen molar-refractivity contribution in [2.45, 2.75) is 45.1 Å². The Morgan fingerprint density at radius 2 is 2.27 bits per heavy atom. The van der Waals surface area contributed by atoms with Crippen LogP contribution in [0, 0.1) is 17.8 Å². The SMILES string of the molecule is C[C@@H](N)CC1CC2CCCC21. The topological polar surface area (TPSA) is 26.0 Å². The van der Waals surface area contributed by atoms with Crippen molar-refractivity contribution in [1.82, 2.24) is 0 Å². The molecule has 0 aromatic heterocycles. The Morgan fingerprint density at radius 3 is 2.91 bits per heavy atom. The molecule has 64 valence electrons. The van der Waals surface area contributed by atoms with Gasteiger partial charge in [0.05, 0.1) is 0 Å². The van der Waals surface area contributed by atoms with Gasteiger partial charge in [-0.15, -0.1) is 0 Å². The molecule has 11 heavy (non-hydrogen) atoms. The monoisotopic (exact) mass is 153 g/mol. The number of rotatable bonds is 2. The standard InChI is InChI=1S/C10H19N/c1-7(11)5-9-6-8-3-2-4-10(8)9/h7-10H,2-6,11H2,1H3/t7-,8?,9?,10?/m1/s1. The lowest BCUT2D eigenvalue weighted by atomic mass is 9.65. The second-order valence-electron chi connectivity index (χ2n) is 4.56. The smallest absolute Gasteiger partial charge is 0.00132 e. The quantitative estimate of drug-likeness (QED) is 0.646. The van der Waals surface area contributed by atoms with E-state index >= 15 is 0 Å². The molecule has 1 heteroatoms. The van der Waals surface area contributed by atoms with Gasteiger partial charge in [0, 0.05) is 6.04 Å². The van der Waals surface area contributed by atoms with Gasteiger partial charge in [0.15, 0.2) is 0 Å². The van der Waals surface area contributed by atoms with E-state index < -0.39 is 0 Å². The first kappa shape index (κ1) is 7.60. The Kier molecular flexibility index (Phi) is 1.92. The van der Waals surface area contributed by atoms with Gasteiger partial charge in [0.25, 0.3) is 0 Å². The summed E-state index contributed by atoms with van der Waals surface area (Å²) in [7, 11) is 0. The Hall–Kier alpha value is -0.0400. The maximum Gasteiger partial charge on any atom is 0.00132 e. The molecule has 0 saturated heterocycles. The van der Waals surface area contributed by atoms with E-state index in [4.69, 9.17) is 5.73 Å². The maximum absolute atomic E-state index is 5.79. The van der Waals surface area contributed by atoms with Crippen molar-refractivity contribution < 1.29 is 0 Å². The van der Waals surface area contributed by atoms with E-state index in [1.807, 2.05) is 0 Å². The van der Waals surface area contributed by atoms with E-state index in [0.29, 0.717) is 6.04 Å². The van der Waals surface area contributed by atoms with E-state index in [-0.39, 0.29) is 0 Å². The van der Waals surface area contributed by atoms with Crippen molar-refractivity contribution in [3.05, 3.63) is 0 Å². The van der Waals surface area contributed by atoms with E-state index in [1.54, 1.807) is 0 Å². The lowest BCUT2D eigenvalue weighted by molar-refractivity contribution is 0.0900. The van der Waals surface area contributed by atoms with Crippen LogP contribution in [0.4, 0.5) is 0 Å². The molecule has 0 aromatic rings. The number of fused-ring (bicyclic) bond motifs is 1. The van der Waals surface area contributed by atoms with Crippen LogP contribution in [0.3, 0.4) is 0 Å². The van der Waals surface area contributed by atoms with Gasteiger partial charge in [-0.2, -0.15) is 0 Å². The highest BCUT2D eigenvalue weighted by Crippen LogP contribution is 2.52. The summed E-state index contributed by atoms with van der Waals surface area (Å²) >= 11 is 0. The lowest BCUT2D eigenvalue weighted by Gasteiger charge is -2.41. The van der Waals surface area contributed by atoms with Crippen molar-refractivity contribution in [3.8, 4) is 0 Å². The lowest BCUT2D eigenvalue weighted by Crippen LogP contribution is -2.36. The zero-order chi connectivity index (χ0) is 7.84. The van der Waals surface area contributed by atoms with Crippen LogP contribution in [0.1, 0.15) is 39.0 Å². The molecule has 0 heterocycles. The first-order valence-electron chi connectivity index (χ1n) is 5.03. The van der Waals surface area contributed by atoms with Crippen molar-refractivity contribution in [2.24, 2.45) is 23.5 Å². The maximum atomic E-state index is 5.79. The van der Waals surface area contributed by atoms with Gasteiger partial charge < -0.3 is 5.73 Å². The summed E-state index contributed by atoms with van der Waals surface area (Å²) in [6, 6.07) is 0.432. The fourth-order valence-electron chi connectivity index (χ4n) is 3.10. The second kappa shape index (κ2) is 2.78. The summed E-state index contributed by atoms with van der Waals surface area (Å²) in [6.07, 6.45) is 7.28. The van der Waals surface area contributed by atoms with Crippen LogP contribution in [0.5, 0.6) is 0 Å². The molecule has 3 unspecified atom stereocenters. The Bertz CT molecular complexity index is 142. The van der Waals surface area contributed by atoms with Crippen LogP contribution in [0.2, 0.25) is 0 Å². The number of nitrogens with two attached hydrogens (primary N) is 1. The summed E-state index contributed by atoms with van der Waals surface area (Å²) in [4.78, 5) is 0. The minimum Gasteiger partial charge on any atom is -0.328 e. The first-order valence-corrected chi connectivity index (χ1v) is 5.03. The molecule has 2 N–H and O–H groups in total. The second-order valence-corrected chi connectivity index (χ2v) is 4.56. The third-order valence-electron chi connectivity index (χ3n) is 3.60. The van der Waals surface area contributed by atoms with Gasteiger partial charge in [0.1, 0.15) is 0 Å². The largest absolute Gasteiger partial charge is 0.328 e. The van der Waals surface area contributed by atoms with Crippen molar-refractivity contribution in [3.63, 3.8) is 0 Å². The Morgan fingerprint density at radius 1 is 1.45 bits per heavy atom. The number of hydrogen-bond donors (Lipinski definition) is 1. The third kappa shape index (κ3) is 1.31. The van der Waals surface area contributed by atoms with Crippen LogP contribution in [-0.2, 0) is 0 Å². The van der Waals surface area contributed by atoms with E-state index in [1.165, 1.54) is 32.1 Å². The fourth-order valence-corrected chi connectivity index (χ4v) is 3.10. The van der Waals surface area contributed by atoms with Gasteiger partial charge in [-0.1, -0.05) is 12.8 Å². The summed E-state index contributed by atoms with van der Waals surface area (Å²) in [5.74, 6) is 3.20. The summed E-state index contributed by atoms with van der Waals surface area (Å²) in [5.41, 5.74) is 5.79. The van der Waals surface area contributed by atoms with E-state index in [2.05, 4.69) is 6.92 Å². The molecular weight excluding hydrogens is 134 g/mol. The zero-order valence-corrected chi connectivity index (χ0v) is 7.42. The van der Waals surface area contributed by atoms with Gasteiger partial charge in [0.2, 0.25) is 0 Å². The van der Waals surface area contributed by atoms with E-state index in [0.717, 1.165) is 17.8 Å². The van der Waals surface area contributed by atoms with Gasteiger partial charge >= 0.3 is 0 Å². The van der Waals surface area contributed by atoms with E-state index in [9.17, 15) is 0 Å². The Labute approximate surface area is 69.4 Å². The Balaban J connectivity index is 1.81. The predicted molar refractivity (Wildman–Crippen MR) is 47.2 cm³/mol. The molecule has 0 aliphatic heterocycles. The summed E-state index contributed by atoms with van der Waals surface area (Å²) in [5, 5.41) is 0. The normalized spacial score (nSPS) is 44.7. The average Bonchev–Trinajstić information content (AvgIpc) is 2.26. The van der Waals surface area contributed by atoms with Crippen LogP contribution in [0.25, 0.3) is 0 Å². The molecule has 0 radical (unpaired) electrons. The zero-order valence-electron chi connectivity index (χ0n) is 7.42. The van der Waals surface area contributed by atoms with Crippen molar-refractivity contribution >= 4 is 0 Å². The van der Waals surface area contributed by atoms with Gasteiger partial charge in [-0.05, 0) is 43.9 Å². The van der Waals surface area contributed by atoms with Crippen LogP contribution in [-0.4, -0.2) is 6.04 Å². The molecule has 0 aromatic carbocycles. The van der Waals surface area contributed by atoms with Gasteiger partial charge in [-0.3, -0.25) is 0 Å². The fraction of sp³-hybridized carbons (Fsp3) is 1.00. The highest BCUT2D eigenvalue weighted by Gasteiger charge is 2.43. The summed E-state index contributed by atoms with van der Waals surface area (Å²) < 4.78 is 0. The third-order valence-corrected chi connectivity index (χ3v) is 3.60. The van der Waals surface area contributed by atoms with Crippen LogP contribution >= 0.6 is 0 Å². The van der Waals surface area contributed by atoms with Crippen LogP contribution in [0.15, 0.2) is 0 Å². The molecule has 2 saturated carbocycles. The van der Waals surface area contributed by atoms with Crippen molar-refractivity contribution in [2.75, 3.05) is 0 Å². The molecule has 4 atom stereocenters. The van der Waals surface area contributed by atoms with Crippen molar-refractivity contribution in [1.29, 1.82) is 0 Å². The van der Waals surface area contributed by atoms with Gasteiger partial charge in [-0.25, -0.2) is 0 Å². The molecule has 2 aliphatic rings. The minimum absolute atomic E-state index is 0.432. The highest BCUT2D eigenvalue weighted by atomic mass is 14.6. The molecule has 2 rings (SSSR count). The molecule has 0 bridgehead atoms. The molecular formula is C10H19N. The first-order chi connectivity index (χ1) is 5.27. The minimum atomic E-state index is 0.432.